The largest absolute Gasteiger partial charge is 0.441 e. The molecular weight excluding hydrogens is 340 g/mol. The van der Waals surface area contributed by atoms with Crippen LogP contribution < -0.4 is 5.32 Å². The number of rotatable bonds is 5. The molecule has 2 aromatic rings. The Morgan fingerprint density at radius 3 is 2.78 bits per heavy atom. The fraction of sp³-hybridized carbons (Fsp3) is 0.524. The van der Waals surface area contributed by atoms with Gasteiger partial charge in [-0.3, -0.25) is 9.69 Å². The molecule has 2 fully saturated rings. The second-order valence-corrected chi connectivity index (χ2v) is 7.55. The maximum Gasteiger partial charge on any atom is 0.223 e. The summed E-state index contributed by atoms with van der Waals surface area (Å²) in [5.74, 6) is 1.61. The number of nitrogens with one attached hydrogen (secondary N) is 1. The number of aromatic nitrogens is 1. The second kappa shape index (κ2) is 8.23. The summed E-state index contributed by atoms with van der Waals surface area (Å²) in [4.78, 5) is 21.5. The molecule has 27 heavy (non-hydrogen) atoms. The molecule has 2 aliphatic heterocycles. The first-order valence-electron chi connectivity index (χ1n) is 9.93. The van der Waals surface area contributed by atoms with E-state index < -0.39 is 0 Å². The molecule has 1 amide bonds. The summed E-state index contributed by atoms with van der Waals surface area (Å²) >= 11 is 0. The van der Waals surface area contributed by atoms with Gasteiger partial charge in [0.2, 0.25) is 5.91 Å². The summed E-state index contributed by atoms with van der Waals surface area (Å²) in [7, 11) is 0. The van der Waals surface area contributed by atoms with Gasteiger partial charge in [-0.2, -0.15) is 0 Å². The van der Waals surface area contributed by atoms with Crippen molar-refractivity contribution < 1.29 is 9.21 Å². The predicted molar refractivity (Wildman–Crippen MR) is 104 cm³/mol. The number of carbonyl (C=O) groups excluding carboxylic acids is 1. The van der Waals surface area contributed by atoms with Gasteiger partial charge >= 0.3 is 0 Å². The summed E-state index contributed by atoms with van der Waals surface area (Å²) in [6, 6.07) is 8.70. The predicted octanol–water partition coefficient (Wildman–Crippen LogP) is 2.09. The molecule has 0 radical (unpaired) electrons. The van der Waals surface area contributed by atoms with E-state index in [0.29, 0.717) is 24.8 Å². The van der Waals surface area contributed by atoms with E-state index in [1.807, 2.05) is 17.0 Å². The Kier molecular flexibility index (Phi) is 5.55. The van der Waals surface area contributed by atoms with Gasteiger partial charge in [-0.1, -0.05) is 29.8 Å². The number of carbonyl (C=O) groups is 1. The Hall–Kier alpha value is -2.18. The van der Waals surface area contributed by atoms with Crippen LogP contribution in [0, 0.1) is 6.92 Å². The lowest BCUT2D eigenvalue weighted by molar-refractivity contribution is -0.130. The van der Waals surface area contributed by atoms with Crippen molar-refractivity contribution in [3.63, 3.8) is 0 Å². The molecule has 0 aliphatic carbocycles. The molecular formula is C21H28N4O2. The number of oxazole rings is 1. The zero-order valence-corrected chi connectivity index (χ0v) is 16.0. The Labute approximate surface area is 160 Å². The minimum Gasteiger partial charge on any atom is -0.441 e. The van der Waals surface area contributed by atoms with Gasteiger partial charge in [0, 0.05) is 63.7 Å². The Bertz CT molecular complexity index is 765. The van der Waals surface area contributed by atoms with E-state index in [9.17, 15) is 4.79 Å². The van der Waals surface area contributed by atoms with Crippen molar-refractivity contribution in [2.75, 3.05) is 39.3 Å². The maximum atomic E-state index is 12.6. The van der Waals surface area contributed by atoms with E-state index in [0.717, 1.165) is 57.0 Å². The minimum atomic E-state index is 0.211. The molecule has 0 bridgehead atoms. The number of hydrogen-bond acceptors (Lipinski definition) is 5. The Morgan fingerprint density at radius 1 is 1.22 bits per heavy atom. The van der Waals surface area contributed by atoms with Crippen molar-refractivity contribution in [2.24, 2.45) is 0 Å². The summed E-state index contributed by atoms with van der Waals surface area (Å²) in [5, 5.41) is 3.39. The van der Waals surface area contributed by atoms with Gasteiger partial charge in [-0.15, -0.1) is 0 Å². The second-order valence-electron chi connectivity index (χ2n) is 7.55. The van der Waals surface area contributed by atoms with Crippen molar-refractivity contribution in [3.8, 4) is 11.3 Å². The average Bonchev–Trinajstić information content (AvgIpc) is 3.37. The van der Waals surface area contributed by atoms with Crippen molar-refractivity contribution in [2.45, 2.75) is 32.2 Å². The minimum absolute atomic E-state index is 0.211. The van der Waals surface area contributed by atoms with Crippen molar-refractivity contribution >= 4 is 5.91 Å². The highest BCUT2D eigenvalue weighted by Crippen LogP contribution is 2.22. The van der Waals surface area contributed by atoms with Crippen LogP contribution in [0.15, 0.2) is 34.9 Å². The van der Waals surface area contributed by atoms with Gasteiger partial charge in [0.1, 0.15) is 0 Å². The number of piperazine rings is 1. The molecule has 0 saturated carbocycles. The van der Waals surface area contributed by atoms with Gasteiger partial charge in [0.05, 0.1) is 6.20 Å². The van der Waals surface area contributed by atoms with Gasteiger partial charge in [-0.25, -0.2) is 4.98 Å². The summed E-state index contributed by atoms with van der Waals surface area (Å²) < 4.78 is 5.84. The van der Waals surface area contributed by atoms with Crippen LogP contribution >= 0.6 is 0 Å². The van der Waals surface area contributed by atoms with Crippen molar-refractivity contribution in [1.82, 2.24) is 20.1 Å². The van der Waals surface area contributed by atoms with E-state index in [1.54, 1.807) is 6.20 Å². The number of amides is 1. The molecule has 1 aromatic heterocycles. The van der Waals surface area contributed by atoms with Crippen LogP contribution in [-0.4, -0.2) is 66.0 Å². The normalized spacial score (nSPS) is 20.9. The van der Waals surface area contributed by atoms with Crippen LogP contribution in [0.1, 0.15) is 24.3 Å². The van der Waals surface area contributed by atoms with Gasteiger partial charge in [0.25, 0.3) is 0 Å². The molecule has 6 heteroatoms. The first-order chi connectivity index (χ1) is 13.2. The van der Waals surface area contributed by atoms with E-state index in [1.165, 1.54) is 5.56 Å². The molecule has 6 nitrogen and oxygen atoms in total. The first-order valence-corrected chi connectivity index (χ1v) is 9.93. The molecule has 4 rings (SSSR count). The van der Waals surface area contributed by atoms with Crippen molar-refractivity contribution in [3.05, 3.63) is 41.9 Å². The highest BCUT2D eigenvalue weighted by atomic mass is 16.4. The number of likely N-dealkylation sites (tertiary alicyclic amines) is 1. The molecule has 1 aromatic carbocycles. The van der Waals surface area contributed by atoms with E-state index in [2.05, 4.69) is 34.3 Å². The SMILES string of the molecule is Cc1ccc(-c2cnc(CCC(=O)N3CCC(N4CCNCC4)C3)o2)cc1. The topological polar surface area (TPSA) is 61.6 Å². The average molecular weight is 368 g/mol. The first kappa shape index (κ1) is 18.2. The Morgan fingerprint density at radius 2 is 2.00 bits per heavy atom. The third kappa shape index (κ3) is 4.39. The summed E-state index contributed by atoms with van der Waals surface area (Å²) in [6.45, 7) is 8.07. The standard InChI is InChI=1S/C21H28N4O2/c1-16-2-4-17(5-3-16)19-14-23-20(27-19)6-7-21(26)25-11-8-18(15-25)24-12-9-22-10-13-24/h2-5,14,18,22H,6-13,15H2,1H3. The lowest BCUT2D eigenvalue weighted by Gasteiger charge is -2.32. The number of nitrogens with zero attached hydrogens (tertiary/aromatic N) is 3. The third-order valence-corrected chi connectivity index (χ3v) is 5.63. The summed E-state index contributed by atoms with van der Waals surface area (Å²) in [5.41, 5.74) is 2.23. The Balaban J connectivity index is 1.28. The molecule has 2 saturated heterocycles. The van der Waals surface area contributed by atoms with Gasteiger partial charge in [0.15, 0.2) is 11.7 Å². The molecule has 1 N–H and O–H groups in total. The molecule has 0 spiro atoms. The zero-order chi connectivity index (χ0) is 18.6. The fourth-order valence-electron chi connectivity index (χ4n) is 3.96. The maximum absolute atomic E-state index is 12.6. The lowest BCUT2D eigenvalue weighted by Crippen LogP contribution is -2.49. The van der Waals surface area contributed by atoms with Gasteiger partial charge in [-0.05, 0) is 13.3 Å². The lowest BCUT2D eigenvalue weighted by atomic mass is 10.1. The summed E-state index contributed by atoms with van der Waals surface area (Å²) in [6.07, 6.45) is 3.85. The number of hydrogen-bond donors (Lipinski definition) is 1. The quantitative estimate of drug-likeness (QED) is 0.876. The van der Waals surface area contributed by atoms with Crippen LogP contribution in [0.3, 0.4) is 0 Å². The molecule has 1 atom stereocenters. The van der Waals surface area contributed by atoms with Crippen LogP contribution in [0.4, 0.5) is 0 Å². The third-order valence-electron chi connectivity index (χ3n) is 5.63. The van der Waals surface area contributed by atoms with E-state index in [4.69, 9.17) is 4.42 Å². The van der Waals surface area contributed by atoms with Crippen molar-refractivity contribution in [1.29, 1.82) is 0 Å². The van der Waals surface area contributed by atoms with Crippen LogP contribution in [-0.2, 0) is 11.2 Å². The smallest absolute Gasteiger partial charge is 0.223 e. The van der Waals surface area contributed by atoms with Crippen LogP contribution in [0.5, 0.6) is 0 Å². The molecule has 1 unspecified atom stereocenters. The molecule has 144 valence electrons. The van der Waals surface area contributed by atoms with E-state index >= 15 is 0 Å². The van der Waals surface area contributed by atoms with Gasteiger partial charge < -0.3 is 14.6 Å². The fourth-order valence-corrected chi connectivity index (χ4v) is 3.96. The highest BCUT2D eigenvalue weighted by molar-refractivity contribution is 5.76. The monoisotopic (exact) mass is 368 g/mol. The van der Waals surface area contributed by atoms with E-state index in [-0.39, 0.29) is 5.91 Å². The molecule has 3 heterocycles. The number of benzene rings is 1. The highest BCUT2D eigenvalue weighted by Gasteiger charge is 2.30. The van der Waals surface area contributed by atoms with Crippen LogP contribution in [0.2, 0.25) is 0 Å². The molecule has 2 aliphatic rings. The van der Waals surface area contributed by atoms with Crippen LogP contribution in [0.25, 0.3) is 11.3 Å². The zero-order valence-electron chi connectivity index (χ0n) is 16.0. The number of aryl methyl sites for hydroxylation is 2.